The molecule has 3 amide bonds. The normalized spacial score (nSPS) is 12.5. The van der Waals surface area contributed by atoms with Crippen LogP contribution >= 0.6 is 34.5 Å². The van der Waals surface area contributed by atoms with Crippen LogP contribution in [-0.2, 0) is 19.6 Å². The molecular formula is C29H37Cl2N5O5S2. The number of hydrogen-bond donors (Lipinski definition) is 2. The van der Waals surface area contributed by atoms with Gasteiger partial charge < -0.3 is 15.1 Å². The quantitative estimate of drug-likeness (QED) is 0.253. The number of benzene rings is 2. The van der Waals surface area contributed by atoms with E-state index in [1.54, 1.807) is 11.8 Å². The first-order valence-corrected chi connectivity index (χ1v) is 17.0. The third-order valence-corrected chi connectivity index (χ3v) is 9.80. The van der Waals surface area contributed by atoms with E-state index in [2.05, 4.69) is 15.0 Å². The molecule has 3 aromatic rings. The second-order valence-corrected chi connectivity index (χ2v) is 14.3. The van der Waals surface area contributed by atoms with Gasteiger partial charge >= 0.3 is 0 Å². The number of amides is 3. The molecule has 0 saturated heterocycles. The Morgan fingerprint density at radius 1 is 1.02 bits per heavy atom. The predicted octanol–water partition coefficient (Wildman–Crippen LogP) is 4.81. The van der Waals surface area contributed by atoms with Gasteiger partial charge in [-0.05, 0) is 63.4 Å². The second kappa shape index (κ2) is 15.3. The van der Waals surface area contributed by atoms with Gasteiger partial charge in [-0.1, -0.05) is 49.2 Å². The van der Waals surface area contributed by atoms with Gasteiger partial charge in [-0.3, -0.25) is 14.4 Å². The van der Waals surface area contributed by atoms with Crippen LogP contribution < -0.4 is 10.0 Å². The van der Waals surface area contributed by atoms with Crippen LogP contribution in [0.3, 0.4) is 0 Å². The van der Waals surface area contributed by atoms with Crippen LogP contribution in [0.25, 0.3) is 10.2 Å². The van der Waals surface area contributed by atoms with E-state index >= 15 is 0 Å². The number of para-hydroxylation sites is 1. The van der Waals surface area contributed by atoms with Crippen LogP contribution in [-0.4, -0.2) is 79.2 Å². The summed E-state index contributed by atoms with van der Waals surface area (Å²) in [7, 11) is -4.07. The predicted molar refractivity (Wildman–Crippen MR) is 171 cm³/mol. The molecule has 0 spiro atoms. The summed E-state index contributed by atoms with van der Waals surface area (Å²) in [5.41, 5.74) is 0.719. The first-order valence-electron chi connectivity index (χ1n) is 13.9. The van der Waals surface area contributed by atoms with E-state index in [9.17, 15) is 22.8 Å². The fourth-order valence-corrected chi connectivity index (χ4v) is 7.05. The highest BCUT2D eigenvalue weighted by atomic mass is 35.5. The number of carbonyl (C=O) groups is 3. The third-order valence-electron chi connectivity index (χ3n) is 6.65. The van der Waals surface area contributed by atoms with E-state index in [1.807, 2.05) is 52.0 Å². The minimum absolute atomic E-state index is 0.0583. The number of halogens is 2. The minimum atomic E-state index is -4.07. The molecule has 0 aliphatic heterocycles. The molecular weight excluding hydrogens is 633 g/mol. The van der Waals surface area contributed by atoms with Crippen LogP contribution in [0.4, 0.5) is 0 Å². The van der Waals surface area contributed by atoms with Gasteiger partial charge in [0.15, 0.2) is 5.01 Å². The van der Waals surface area contributed by atoms with Gasteiger partial charge in [-0.2, -0.15) is 0 Å². The Morgan fingerprint density at radius 3 is 2.33 bits per heavy atom. The number of thiazole rings is 1. The molecule has 10 nitrogen and oxygen atoms in total. The average Bonchev–Trinajstić information content (AvgIpc) is 3.37. The van der Waals surface area contributed by atoms with E-state index in [0.717, 1.165) is 10.2 Å². The fraction of sp³-hybridized carbons (Fsp3) is 0.448. The number of rotatable bonds is 14. The lowest BCUT2D eigenvalue weighted by Crippen LogP contribution is -2.53. The van der Waals surface area contributed by atoms with Crippen molar-refractivity contribution >= 4 is 72.5 Å². The highest BCUT2D eigenvalue weighted by Crippen LogP contribution is 2.25. The summed E-state index contributed by atoms with van der Waals surface area (Å²) in [6.45, 7) is 9.61. The molecule has 1 heterocycles. The topological polar surface area (TPSA) is 129 Å². The van der Waals surface area contributed by atoms with Crippen molar-refractivity contribution in [3.8, 4) is 0 Å². The molecule has 234 valence electrons. The Balaban J connectivity index is 1.67. The SMILES string of the molecule is CCN(CCN(C(=O)[C@H](CC(C)C)NC(=O)c1nc2ccccc2s1)C(C)C)C(=O)CNS(=O)(=O)c1ccc(Cl)cc1Cl. The average molecular weight is 671 g/mol. The van der Waals surface area contributed by atoms with Gasteiger partial charge in [0.05, 0.1) is 21.8 Å². The Morgan fingerprint density at radius 2 is 1.72 bits per heavy atom. The lowest BCUT2D eigenvalue weighted by Gasteiger charge is -2.33. The smallest absolute Gasteiger partial charge is 0.280 e. The number of likely N-dealkylation sites (N-methyl/N-ethyl adjacent to an activating group) is 1. The van der Waals surface area contributed by atoms with Gasteiger partial charge in [0.25, 0.3) is 5.91 Å². The summed E-state index contributed by atoms with van der Waals surface area (Å²) < 4.78 is 28.6. The van der Waals surface area contributed by atoms with Crippen molar-refractivity contribution in [3.63, 3.8) is 0 Å². The zero-order valence-electron chi connectivity index (χ0n) is 24.8. The van der Waals surface area contributed by atoms with Gasteiger partial charge in [0.1, 0.15) is 10.9 Å². The van der Waals surface area contributed by atoms with Crippen molar-refractivity contribution in [3.05, 3.63) is 57.5 Å². The number of nitrogens with one attached hydrogen (secondary N) is 2. The molecule has 0 fully saturated rings. The van der Waals surface area contributed by atoms with Gasteiger partial charge in [0, 0.05) is 30.7 Å². The maximum absolute atomic E-state index is 13.8. The Kier molecular flexibility index (Phi) is 12.3. The molecule has 43 heavy (non-hydrogen) atoms. The van der Waals surface area contributed by atoms with Crippen LogP contribution in [0.2, 0.25) is 10.0 Å². The van der Waals surface area contributed by atoms with E-state index in [4.69, 9.17) is 23.2 Å². The molecule has 0 unspecified atom stereocenters. The Hall–Kier alpha value is -2.77. The zero-order chi connectivity index (χ0) is 31.9. The highest BCUT2D eigenvalue weighted by molar-refractivity contribution is 7.89. The number of carbonyl (C=O) groups excluding carboxylic acids is 3. The molecule has 0 aliphatic carbocycles. The lowest BCUT2D eigenvalue weighted by molar-refractivity contribution is -0.137. The first kappa shape index (κ1) is 34.7. The molecule has 3 rings (SSSR count). The number of nitrogens with zero attached hydrogens (tertiary/aromatic N) is 3. The monoisotopic (exact) mass is 669 g/mol. The van der Waals surface area contributed by atoms with Gasteiger partial charge in [-0.15, -0.1) is 11.3 Å². The molecule has 14 heteroatoms. The largest absolute Gasteiger partial charge is 0.340 e. The van der Waals surface area contributed by atoms with Gasteiger partial charge in [0.2, 0.25) is 21.8 Å². The van der Waals surface area contributed by atoms with Crippen LogP contribution in [0, 0.1) is 5.92 Å². The summed E-state index contributed by atoms with van der Waals surface area (Å²) >= 11 is 13.2. The number of sulfonamides is 1. The first-order chi connectivity index (χ1) is 20.2. The van der Waals surface area contributed by atoms with Crippen molar-refractivity contribution in [1.29, 1.82) is 0 Å². The molecule has 0 saturated carbocycles. The fourth-order valence-electron chi connectivity index (χ4n) is 4.43. The summed E-state index contributed by atoms with van der Waals surface area (Å²) in [6.07, 6.45) is 0.421. The molecule has 0 bridgehead atoms. The van der Waals surface area contributed by atoms with Crippen molar-refractivity contribution < 1.29 is 22.8 Å². The molecule has 1 atom stereocenters. The summed E-state index contributed by atoms with van der Waals surface area (Å²) in [4.78, 5) is 47.2. The van der Waals surface area contributed by atoms with Gasteiger partial charge in [-0.25, -0.2) is 18.1 Å². The molecule has 0 aliphatic rings. The Bertz CT molecular complexity index is 1530. The summed E-state index contributed by atoms with van der Waals surface area (Å²) in [5.74, 6) is -1.02. The molecule has 0 radical (unpaired) electrons. The van der Waals surface area contributed by atoms with E-state index in [-0.39, 0.29) is 50.9 Å². The lowest BCUT2D eigenvalue weighted by atomic mass is 10.0. The highest BCUT2D eigenvalue weighted by Gasteiger charge is 2.30. The van der Waals surface area contributed by atoms with Crippen LogP contribution in [0.15, 0.2) is 47.4 Å². The van der Waals surface area contributed by atoms with Crippen molar-refractivity contribution in [1.82, 2.24) is 24.8 Å². The minimum Gasteiger partial charge on any atom is -0.340 e. The van der Waals surface area contributed by atoms with Crippen molar-refractivity contribution in [2.24, 2.45) is 5.92 Å². The van der Waals surface area contributed by atoms with Crippen LogP contribution in [0.1, 0.15) is 50.8 Å². The van der Waals surface area contributed by atoms with E-state index in [1.165, 1.54) is 34.4 Å². The van der Waals surface area contributed by atoms with Crippen molar-refractivity contribution in [2.45, 2.75) is 58.0 Å². The standard InChI is InChI=1S/C29H37Cl2N5O5S2/c1-6-35(26(37)17-32-43(40,41)25-12-11-20(30)16-21(25)31)13-14-36(19(4)5)29(39)23(15-18(2)3)33-27(38)28-34-22-9-7-8-10-24(22)42-28/h7-12,16,18-19,23,32H,6,13-15,17H2,1-5H3,(H,33,38)/t23-/m0/s1. The molecule has 2 N–H and O–H groups in total. The summed E-state index contributed by atoms with van der Waals surface area (Å²) in [6, 6.07) is 10.4. The number of hydrogen-bond acceptors (Lipinski definition) is 7. The maximum atomic E-state index is 13.8. The third kappa shape index (κ3) is 9.36. The Labute approximate surface area is 266 Å². The number of fused-ring (bicyclic) bond motifs is 1. The number of aromatic nitrogens is 1. The van der Waals surface area contributed by atoms with E-state index < -0.39 is 34.4 Å². The van der Waals surface area contributed by atoms with E-state index in [0.29, 0.717) is 13.0 Å². The summed E-state index contributed by atoms with van der Waals surface area (Å²) in [5, 5.41) is 3.40. The maximum Gasteiger partial charge on any atom is 0.280 e. The van der Waals surface area contributed by atoms with Crippen LogP contribution in [0.5, 0.6) is 0 Å². The van der Waals surface area contributed by atoms with Crippen molar-refractivity contribution in [2.75, 3.05) is 26.2 Å². The molecule has 1 aromatic heterocycles. The molecule has 2 aromatic carbocycles. The second-order valence-electron chi connectivity index (χ2n) is 10.6. The zero-order valence-corrected chi connectivity index (χ0v) is 27.9.